The van der Waals surface area contributed by atoms with Crippen LogP contribution in [0.1, 0.15) is 17.3 Å². The minimum atomic E-state index is -1.25. The molecule has 0 spiro atoms. The maximum absolute atomic E-state index is 15.1. The molecular formula is C29H27ClF2N8O4. The van der Waals surface area contributed by atoms with Crippen molar-refractivity contribution in [3.05, 3.63) is 65.1 Å². The topological polar surface area (TPSA) is 146 Å². The van der Waals surface area contributed by atoms with Crippen LogP contribution in [-0.4, -0.2) is 77.0 Å². The lowest BCUT2D eigenvalue weighted by Gasteiger charge is -2.27. The van der Waals surface area contributed by atoms with E-state index < -0.39 is 29.4 Å². The van der Waals surface area contributed by atoms with Gasteiger partial charge in [0.1, 0.15) is 6.07 Å². The van der Waals surface area contributed by atoms with Gasteiger partial charge in [-0.1, -0.05) is 11.6 Å². The molecule has 15 heteroatoms. The molecule has 3 heterocycles. The van der Waals surface area contributed by atoms with Crippen LogP contribution in [0, 0.1) is 23.0 Å². The van der Waals surface area contributed by atoms with Crippen LogP contribution >= 0.6 is 11.6 Å². The fourth-order valence-electron chi connectivity index (χ4n) is 4.72. The Bertz CT molecular complexity index is 1740. The molecule has 1 unspecified atom stereocenters. The molecule has 1 amide bonds. The van der Waals surface area contributed by atoms with Crippen LogP contribution in [-0.2, 0) is 4.79 Å². The Balaban J connectivity index is 1.39. The monoisotopic (exact) mass is 624 g/mol. The number of imidazole rings is 1. The third kappa shape index (κ3) is 6.40. The van der Waals surface area contributed by atoms with Crippen molar-refractivity contribution in [3.8, 4) is 28.8 Å². The Morgan fingerprint density at radius 2 is 2.02 bits per heavy atom. The molecule has 44 heavy (non-hydrogen) atoms. The van der Waals surface area contributed by atoms with E-state index in [2.05, 4.69) is 30.8 Å². The first-order valence-electron chi connectivity index (χ1n) is 13.6. The Kier molecular flexibility index (Phi) is 9.49. The van der Waals surface area contributed by atoms with Crippen molar-refractivity contribution >= 4 is 41.1 Å². The number of hydrogen-bond acceptors (Lipinski definition) is 10. The minimum Gasteiger partial charge on any atom is -0.473 e. The number of benzene rings is 2. The zero-order chi connectivity index (χ0) is 31.2. The number of aromatic nitrogens is 3. The third-order valence-corrected chi connectivity index (χ3v) is 7.30. The fourth-order valence-corrected chi connectivity index (χ4v) is 5.02. The van der Waals surface area contributed by atoms with E-state index in [0.717, 1.165) is 26.2 Å². The number of anilines is 2. The van der Waals surface area contributed by atoms with Crippen molar-refractivity contribution in [1.82, 2.24) is 29.9 Å². The predicted molar refractivity (Wildman–Crippen MR) is 157 cm³/mol. The van der Waals surface area contributed by atoms with E-state index in [1.54, 1.807) is 6.07 Å². The highest BCUT2D eigenvalue weighted by atomic mass is 35.5. The maximum Gasteiger partial charge on any atom is 0.298 e. The van der Waals surface area contributed by atoms with Gasteiger partial charge < -0.3 is 25.4 Å². The van der Waals surface area contributed by atoms with E-state index in [1.807, 2.05) is 0 Å². The quantitative estimate of drug-likeness (QED) is 0.212. The second kappa shape index (κ2) is 13.6. The Morgan fingerprint density at radius 1 is 1.23 bits per heavy atom. The summed E-state index contributed by atoms with van der Waals surface area (Å²) in [5, 5.41) is 17.9. The molecule has 2 aromatic heterocycles. The van der Waals surface area contributed by atoms with E-state index in [9.17, 15) is 14.0 Å². The van der Waals surface area contributed by atoms with Crippen LogP contribution in [0.5, 0.6) is 11.5 Å². The number of nitrogens with one attached hydrogen (secondary N) is 3. The molecule has 1 fully saturated rings. The van der Waals surface area contributed by atoms with Gasteiger partial charge >= 0.3 is 0 Å². The molecular weight excluding hydrogens is 598 g/mol. The highest BCUT2D eigenvalue weighted by Gasteiger charge is 2.23. The van der Waals surface area contributed by atoms with Gasteiger partial charge in [-0.15, -0.1) is 0 Å². The number of rotatable bonds is 11. The first-order chi connectivity index (χ1) is 21.3. The summed E-state index contributed by atoms with van der Waals surface area (Å²) in [7, 11) is 0. The van der Waals surface area contributed by atoms with E-state index in [-0.39, 0.29) is 51.2 Å². The number of amides is 1. The Hall–Kier alpha value is -4.84. The van der Waals surface area contributed by atoms with E-state index in [1.165, 1.54) is 54.2 Å². The van der Waals surface area contributed by atoms with Crippen molar-refractivity contribution in [1.29, 1.82) is 5.26 Å². The van der Waals surface area contributed by atoms with Crippen molar-refractivity contribution < 1.29 is 27.8 Å². The number of piperazine rings is 1. The van der Waals surface area contributed by atoms with Crippen LogP contribution < -0.4 is 25.4 Å². The number of halogens is 3. The van der Waals surface area contributed by atoms with Crippen LogP contribution in [0.3, 0.4) is 0 Å². The van der Waals surface area contributed by atoms with Crippen molar-refractivity contribution in [2.24, 2.45) is 0 Å². The van der Waals surface area contributed by atoms with Crippen LogP contribution in [0.4, 0.5) is 20.3 Å². The number of fused-ring (bicyclic) bond motifs is 1. The zero-order valence-corrected chi connectivity index (χ0v) is 24.2. The van der Waals surface area contributed by atoms with Gasteiger partial charge in [-0.25, -0.2) is 14.4 Å². The maximum atomic E-state index is 15.1. The lowest BCUT2D eigenvalue weighted by Crippen LogP contribution is -2.46. The predicted octanol–water partition coefficient (Wildman–Crippen LogP) is 3.53. The average Bonchev–Trinajstić information content (AvgIpc) is 3.46. The number of carbonyl (C=O) groups is 2. The molecule has 0 radical (unpaired) electrons. The zero-order valence-electron chi connectivity index (χ0n) is 23.4. The number of carbonyl (C=O) groups excluding carboxylic acids is 2. The molecule has 4 aromatic rings. The molecule has 3 N–H and O–H groups in total. The van der Waals surface area contributed by atoms with Crippen LogP contribution in [0.25, 0.3) is 16.9 Å². The Morgan fingerprint density at radius 3 is 2.77 bits per heavy atom. The smallest absolute Gasteiger partial charge is 0.298 e. The standard InChI is InChI=1S/C29H27ClF2N8O4/c1-17(14-33)44-22-5-3-18(24(31)25(22)32)21-15-37-28-27(35-9-13-40(21)28)38-20-4-2-19(23(30)26(20)43-16-41)29(42)36-8-12-39-10-6-34-7-11-39/h2-5,9,13,15-17,34H,6-8,10-12H2,1H3,(H,35,38)(H,36,42). The lowest BCUT2D eigenvalue weighted by molar-refractivity contribution is -0.120. The van der Waals surface area contributed by atoms with Gasteiger partial charge in [-0.2, -0.15) is 9.65 Å². The summed E-state index contributed by atoms with van der Waals surface area (Å²) in [5.41, 5.74) is 0.637. The number of ether oxygens (including phenoxy) is 2. The summed E-state index contributed by atoms with van der Waals surface area (Å²) >= 11 is 6.52. The fraction of sp³-hybridized carbons (Fsp3) is 0.276. The average molecular weight is 625 g/mol. The summed E-state index contributed by atoms with van der Waals surface area (Å²) in [5.74, 6) is -3.20. The van der Waals surface area contributed by atoms with Crippen molar-refractivity contribution in [3.63, 3.8) is 0 Å². The summed E-state index contributed by atoms with van der Waals surface area (Å²) in [6.07, 6.45) is 3.27. The molecule has 1 aliphatic rings. The number of hydrogen-bond donors (Lipinski definition) is 3. The summed E-state index contributed by atoms with van der Waals surface area (Å²) in [6.45, 7) is 6.25. The molecule has 12 nitrogen and oxygen atoms in total. The molecule has 0 bridgehead atoms. The lowest BCUT2D eigenvalue weighted by atomic mass is 10.1. The largest absolute Gasteiger partial charge is 0.473 e. The van der Waals surface area contributed by atoms with Crippen molar-refractivity contribution in [2.75, 3.05) is 44.6 Å². The summed E-state index contributed by atoms with van der Waals surface area (Å²) in [4.78, 5) is 35.1. The second-order valence-corrected chi connectivity index (χ2v) is 10.1. The first-order valence-corrected chi connectivity index (χ1v) is 14.0. The molecule has 228 valence electrons. The van der Waals surface area contributed by atoms with Gasteiger partial charge in [-0.05, 0) is 31.2 Å². The molecule has 2 aromatic carbocycles. The van der Waals surface area contributed by atoms with Gasteiger partial charge in [0.25, 0.3) is 12.4 Å². The SMILES string of the molecule is CC(C#N)Oc1ccc(-c2cnc3c(Nc4ccc(C(=O)NCCN5CCNCC5)c(Cl)c4OC=O)nccn23)c(F)c1F. The van der Waals surface area contributed by atoms with Gasteiger partial charge in [0.15, 0.2) is 34.9 Å². The van der Waals surface area contributed by atoms with E-state index in [0.29, 0.717) is 13.1 Å². The molecule has 0 saturated carbocycles. The number of nitriles is 1. The highest BCUT2D eigenvalue weighted by molar-refractivity contribution is 6.36. The molecule has 1 atom stereocenters. The van der Waals surface area contributed by atoms with Crippen LogP contribution in [0.2, 0.25) is 5.02 Å². The van der Waals surface area contributed by atoms with Crippen LogP contribution in [0.15, 0.2) is 42.9 Å². The van der Waals surface area contributed by atoms with Crippen molar-refractivity contribution in [2.45, 2.75) is 13.0 Å². The molecule has 1 aliphatic heterocycles. The number of nitrogens with zero attached hydrogens (tertiary/aromatic N) is 5. The van der Waals surface area contributed by atoms with E-state index >= 15 is 4.39 Å². The van der Waals surface area contributed by atoms with Gasteiger partial charge in [0.05, 0.1) is 28.2 Å². The summed E-state index contributed by atoms with van der Waals surface area (Å²) < 4.78 is 41.6. The molecule has 5 rings (SSSR count). The van der Waals surface area contributed by atoms with Gasteiger partial charge in [0, 0.05) is 57.2 Å². The normalized spacial score (nSPS) is 14.1. The third-order valence-electron chi connectivity index (χ3n) is 6.92. The minimum absolute atomic E-state index is 0.0941. The second-order valence-electron chi connectivity index (χ2n) is 9.73. The van der Waals surface area contributed by atoms with Gasteiger partial charge in [-0.3, -0.25) is 18.9 Å². The Labute approximate surface area is 255 Å². The molecule has 1 saturated heterocycles. The highest BCUT2D eigenvalue weighted by Crippen LogP contribution is 2.38. The molecule has 0 aliphatic carbocycles. The first kappa shape index (κ1) is 30.6. The van der Waals surface area contributed by atoms with E-state index in [4.69, 9.17) is 26.3 Å². The summed E-state index contributed by atoms with van der Waals surface area (Å²) in [6, 6.07) is 7.33. The van der Waals surface area contributed by atoms with Gasteiger partial charge in [0.2, 0.25) is 5.82 Å².